The van der Waals surface area contributed by atoms with Gasteiger partial charge >= 0.3 is 5.97 Å². The molecule has 0 aliphatic heterocycles. The van der Waals surface area contributed by atoms with E-state index in [-0.39, 0.29) is 23.8 Å². The van der Waals surface area contributed by atoms with Crippen molar-refractivity contribution in [2.24, 2.45) is 5.92 Å². The van der Waals surface area contributed by atoms with Gasteiger partial charge in [-0.05, 0) is 75.4 Å². The quantitative estimate of drug-likeness (QED) is 0.547. The molecule has 7 heteroatoms. The van der Waals surface area contributed by atoms with Crippen molar-refractivity contribution in [1.82, 2.24) is 10.6 Å². The Morgan fingerprint density at radius 1 is 0.906 bits per heavy atom. The Bertz CT molecular complexity index is 963. The summed E-state index contributed by atoms with van der Waals surface area (Å²) in [6.45, 7) is 4.53. The summed E-state index contributed by atoms with van der Waals surface area (Å²) in [4.78, 5) is 35.6. The summed E-state index contributed by atoms with van der Waals surface area (Å²) in [5.41, 5.74) is 3.17. The third kappa shape index (κ3) is 6.33. The minimum absolute atomic E-state index is 0.00561. The summed E-state index contributed by atoms with van der Waals surface area (Å²) in [6, 6.07) is 12.6. The van der Waals surface area contributed by atoms with Crippen LogP contribution in [0.5, 0.6) is 5.75 Å². The van der Waals surface area contributed by atoms with Crippen molar-refractivity contribution in [3.05, 3.63) is 64.7 Å². The summed E-state index contributed by atoms with van der Waals surface area (Å²) in [5.74, 6) is -0.716. The molecule has 0 heterocycles. The van der Waals surface area contributed by atoms with Crippen LogP contribution in [0.3, 0.4) is 0 Å². The lowest BCUT2D eigenvalue weighted by Crippen LogP contribution is -2.34. The molecule has 0 unspecified atom stereocenters. The van der Waals surface area contributed by atoms with Gasteiger partial charge in [0.25, 0.3) is 11.8 Å². The Balaban J connectivity index is 1.40. The van der Waals surface area contributed by atoms with Gasteiger partial charge in [-0.1, -0.05) is 17.7 Å². The van der Waals surface area contributed by atoms with Crippen molar-refractivity contribution in [2.45, 2.75) is 45.6 Å². The van der Waals surface area contributed by atoms with E-state index in [4.69, 9.17) is 9.84 Å². The molecule has 0 atom stereocenters. The Labute approximate surface area is 188 Å². The summed E-state index contributed by atoms with van der Waals surface area (Å²) >= 11 is 0. The van der Waals surface area contributed by atoms with E-state index in [1.807, 2.05) is 26.0 Å². The minimum atomic E-state index is -0.733. The summed E-state index contributed by atoms with van der Waals surface area (Å²) in [6.07, 6.45) is 2.69. The second-order valence-electron chi connectivity index (χ2n) is 8.28. The van der Waals surface area contributed by atoms with Gasteiger partial charge in [-0.25, -0.2) is 0 Å². The Kier molecular flexibility index (Phi) is 7.87. The molecule has 2 amide bonds. The van der Waals surface area contributed by atoms with E-state index in [2.05, 4.69) is 10.6 Å². The van der Waals surface area contributed by atoms with Crippen LogP contribution in [0.4, 0.5) is 0 Å². The summed E-state index contributed by atoms with van der Waals surface area (Å²) in [5, 5.41) is 14.7. The molecule has 1 aliphatic carbocycles. The number of hydrogen-bond donors (Lipinski definition) is 3. The van der Waals surface area contributed by atoms with Crippen LogP contribution >= 0.6 is 0 Å². The zero-order chi connectivity index (χ0) is 23.1. The van der Waals surface area contributed by atoms with Gasteiger partial charge < -0.3 is 20.5 Å². The highest BCUT2D eigenvalue weighted by Crippen LogP contribution is 2.28. The van der Waals surface area contributed by atoms with Crippen LogP contribution in [0, 0.1) is 19.8 Å². The predicted molar refractivity (Wildman–Crippen MR) is 121 cm³/mol. The Morgan fingerprint density at radius 3 is 2.12 bits per heavy atom. The molecular weight excluding hydrogens is 408 g/mol. The van der Waals surface area contributed by atoms with Crippen molar-refractivity contribution in [3.63, 3.8) is 0 Å². The largest absolute Gasteiger partial charge is 0.490 e. The molecule has 3 rings (SSSR count). The van der Waals surface area contributed by atoms with Crippen molar-refractivity contribution >= 4 is 17.8 Å². The molecule has 2 aromatic rings. The molecule has 0 saturated heterocycles. The second kappa shape index (κ2) is 10.8. The number of carbonyl (C=O) groups is 3. The second-order valence-corrected chi connectivity index (χ2v) is 8.28. The predicted octanol–water partition coefficient (Wildman–Crippen LogP) is 3.49. The molecule has 170 valence electrons. The maximum atomic E-state index is 12.3. The van der Waals surface area contributed by atoms with Crippen molar-refractivity contribution in [2.75, 3.05) is 13.1 Å². The first-order valence-electron chi connectivity index (χ1n) is 11.0. The van der Waals surface area contributed by atoms with Crippen LogP contribution in [-0.2, 0) is 4.79 Å². The number of benzene rings is 2. The van der Waals surface area contributed by atoms with Crippen LogP contribution < -0.4 is 15.4 Å². The maximum Gasteiger partial charge on any atom is 0.306 e. The van der Waals surface area contributed by atoms with Gasteiger partial charge in [-0.15, -0.1) is 0 Å². The SMILES string of the molecule is Cc1ccc(C(=O)NCCNC(=O)c2ccc(O[C@H]3CC[C@@H](C(=O)O)CC3)cc2)c(C)c1. The van der Waals surface area contributed by atoms with E-state index in [0.717, 1.165) is 11.1 Å². The molecule has 2 aromatic carbocycles. The minimum Gasteiger partial charge on any atom is -0.490 e. The Hall–Kier alpha value is -3.35. The lowest BCUT2D eigenvalue weighted by Gasteiger charge is -2.26. The van der Waals surface area contributed by atoms with E-state index in [0.29, 0.717) is 55.6 Å². The number of amides is 2. The Morgan fingerprint density at radius 2 is 1.53 bits per heavy atom. The molecule has 0 spiro atoms. The van der Waals surface area contributed by atoms with E-state index in [9.17, 15) is 14.4 Å². The summed E-state index contributed by atoms with van der Waals surface area (Å²) < 4.78 is 5.93. The first kappa shape index (κ1) is 23.3. The fourth-order valence-electron chi connectivity index (χ4n) is 3.92. The van der Waals surface area contributed by atoms with Gasteiger partial charge in [-0.3, -0.25) is 14.4 Å². The molecule has 0 aromatic heterocycles. The van der Waals surface area contributed by atoms with Crippen molar-refractivity contribution in [1.29, 1.82) is 0 Å². The molecule has 32 heavy (non-hydrogen) atoms. The van der Waals surface area contributed by atoms with E-state index >= 15 is 0 Å². The molecule has 1 saturated carbocycles. The number of ether oxygens (including phenoxy) is 1. The molecule has 0 radical (unpaired) electrons. The normalized spacial score (nSPS) is 17.9. The number of aliphatic carboxylic acids is 1. The van der Waals surface area contributed by atoms with Crippen LogP contribution in [0.15, 0.2) is 42.5 Å². The van der Waals surface area contributed by atoms with Gasteiger partial charge in [0.05, 0.1) is 12.0 Å². The lowest BCUT2D eigenvalue weighted by molar-refractivity contribution is -0.143. The standard InChI is InChI=1S/C25H30N2O5/c1-16-3-12-22(17(2)15-16)24(29)27-14-13-26-23(28)18-4-8-20(9-5-18)32-21-10-6-19(7-11-21)25(30)31/h3-5,8-9,12,15,19,21H,6-7,10-11,13-14H2,1-2H3,(H,26,28)(H,27,29)(H,30,31)/t19-,21+. The molecule has 0 bridgehead atoms. The van der Waals surface area contributed by atoms with Gasteiger partial charge in [0.15, 0.2) is 0 Å². The third-order valence-corrected chi connectivity index (χ3v) is 5.77. The van der Waals surface area contributed by atoms with Crippen LogP contribution in [-0.4, -0.2) is 42.1 Å². The van der Waals surface area contributed by atoms with E-state index in [1.54, 1.807) is 30.3 Å². The fourth-order valence-corrected chi connectivity index (χ4v) is 3.92. The first-order chi connectivity index (χ1) is 15.3. The molecule has 1 aliphatic rings. The maximum absolute atomic E-state index is 12.3. The zero-order valence-corrected chi connectivity index (χ0v) is 18.5. The first-order valence-corrected chi connectivity index (χ1v) is 11.0. The third-order valence-electron chi connectivity index (χ3n) is 5.77. The van der Waals surface area contributed by atoms with Crippen molar-refractivity contribution < 1.29 is 24.2 Å². The number of rotatable bonds is 8. The number of nitrogens with one attached hydrogen (secondary N) is 2. The zero-order valence-electron chi connectivity index (χ0n) is 18.5. The molecule has 3 N–H and O–H groups in total. The van der Waals surface area contributed by atoms with Crippen LogP contribution in [0.25, 0.3) is 0 Å². The average Bonchev–Trinajstić information content (AvgIpc) is 2.77. The van der Waals surface area contributed by atoms with Crippen LogP contribution in [0.2, 0.25) is 0 Å². The molecule has 7 nitrogen and oxygen atoms in total. The lowest BCUT2D eigenvalue weighted by atomic mass is 9.87. The monoisotopic (exact) mass is 438 g/mol. The number of carbonyl (C=O) groups excluding carboxylic acids is 2. The topological polar surface area (TPSA) is 105 Å². The number of carboxylic acid groups (broad SMARTS) is 1. The van der Waals surface area contributed by atoms with E-state index < -0.39 is 5.97 Å². The van der Waals surface area contributed by atoms with Gasteiger partial charge in [0.1, 0.15) is 5.75 Å². The molecule has 1 fully saturated rings. The average molecular weight is 439 g/mol. The van der Waals surface area contributed by atoms with Gasteiger partial charge in [-0.2, -0.15) is 0 Å². The van der Waals surface area contributed by atoms with Gasteiger partial charge in [0, 0.05) is 24.2 Å². The van der Waals surface area contributed by atoms with Crippen LogP contribution in [0.1, 0.15) is 57.5 Å². The molecular formula is C25H30N2O5. The highest BCUT2D eigenvalue weighted by Gasteiger charge is 2.26. The smallest absolute Gasteiger partial charge is 0.306 e. The number of hydrogen-bond acceptors (Lipinski definition) is 4. The number of carboxylic acids is 1. The number of aryl methyl sites for hydroxylation is 2. The summed E-state index contributed by atoms with van der Waals surface area (Å²) in [7, 11) is 0. The van der Waals surface area contributed by atoms with E-state index in [1.165, 1.54) is 0 Å². The van der Waals surface area contributed by atoms with Gasteiger partial charge in [0.2, 0.25) is 0 Å². The highest BCUT2D eigenvalue weighted by atomic mass is 16.5. The fraction of sp³-hybridized carbons (Fsp3) is 0.400. The van der Waals surface area contributed by atoms with Crippen molar-refractivity contribution in [3.8, 4) is 5.75 Å². The highest BCUT2D eigenvalue weighted by molar-refractivity contribution is 5.96.